The first-order chi connectivity index (χ1) is 12.0. The van der Waals surface area contributed by atoms with E-state index in [2.05, 4.69) is 9.71 Å². The van der Waals surface area contributed by atoms with Crippen LogP contribution < -0.4 is 9.62 Å². The molecule has 1 aromatic carbocycles. The second-order valence-electron chi connectivity index (χ2n) is 6.52. The van der Waals surface area contributed by atoms with Gasteiger partial charge in [0.15, 0.2) is 0 Å². The topological polar surface area (TPSA) is 79.4 Å². The number of amides is 1. The van der Waals surface area contributed by atoms with Gasteiger partial charge in [0.05, 0.1) is 16.5 Å². The number of sulfonamides is 1. The number of pyridine rings is 1. The van der Waals surface area contributed by atoms with Crippen molar-refractivity contribution < 1.29 is 13.2 Å². The molecule has 3 heterocycles. The van der Waals surface area contributed by atoms with E-state index in [9.17, 15) is 13.2 Å². The third kappa shape index (κ3) is 2.73. The molecule has 0 fully saturated rings. The Morgan fingerprint density at radius 3 is 2.96 bits per heavy atom. The summed E-state index contributed by atoms with van der Waals surface area (Å²) in [6.07, 6.45) is 4.93. The molecule has 7 heteroatoms. The van der Waals surface area contributed by atoms with Crippen LogP contribution in [0.1, 0.15) is 36.0 Å². The highest BCUT2D eigenvalue weighted by Gasteiger charge is 2.38. The molecule has 0 saturated carbocycles. The van der Waals surface area contributed by atoms with Gasteiger partial charge in [0, 0.05) is 25.5 Å². The molecule has 0 spiro atoms. The summed E-state index contributed by atoms with van der Waals surface area (Å²) < 4.78 is 28.1. The van der Waals surface area contributed by atoms with Crippen LogP contribution in [0, 0.1) is 0 Å². The van der Waals surface area contributed by atoms with Crippen molar-refractivity contribution in [3.05, 3.63) is 53.3 Å². The van der Waals surface area contributed by atoms with Gasteiger partial charge in [0.1, 0.15) is 0 Å². The van der Waals surface area contributed by atoms with Gasteiger partial charge in [0.2, 0.25) is 15.9 Å². The average Bonchev–Trinajstić information content (AvgIpc) is 2.88. The van der Waals surface area contributed by atoms with Crippen molar-refractivity contribution in [2.24, 2.45) is 0 Å². The third-order valence-corrected chi connectivity index (χ3v) is 6.27. The van der Waals surface area contributed by atoms with Crippen molar-refractivity contribution in [1.29, 1.82) is 0 Å². The van der Waals surface area contributed by atoms with E-state index in [0.29, 0.717) is 6.54 Å². The molecule has 2 aliphatic rings. The number of nitrogens with one attached hydrogen (secondary N) is 1. The Balaban J connectivity index is 1.68. The molecule has 0 unspecified atom stereocenters. The maximum absolute atomic E-state index is 12.7. The van der Waals surface area contributed by atoms with E-state index < -0.39 is 10.0 Å². The summed E-state index contributed by atoms with van der Waals surface area (Å²) in [5.74, 6) is -0.228. The largest absolute Gasteiger partial charge is 0.311 e. The molecule has 0 saturated heterocycles. The van der Waals surface area contributed by atoms with Gasteiger partial charge in [0.25, 0.3) is 0 Å². The summed E-state index contributed by atoms with van der Waals surface area (Å²) in [5.41, 5.74) is 3.49. The molecule has 25 heavy (non-hydrogen) atoms. The lowest BCUT2D eigenvalue weighted by atomic mass is 9.97. The molecule has 1 N–H and O–H groups in total. The summed E-state index contributed by atoms with van der Waals surface area (Å²) in [4.78, 5) is 18.4. The van der Waals surface area contributed by atoms with Crippen LogP contribution in [-0.2, 0) is 27.8 Å². The Hall–Kier alpha value is -2.25. The minimum atomic E-state index is -3.65. The first kappa shape index (κ1) is 16.2. The van der Waals surface area contributed by atoms with Gasteiger partial charge < -0.3 is 4.90 Å². The zero-order valence-corrected chi connectivity index (χ0v) is 14.7. The van der Waals surface area contributed by atoms with E-state index in [4.69, 9.17) is 0 Å². The summed E-state index contributed by atoms with van der Waals surface area (Å²) in [6.45, 7) is 2.74. The van der Waals surface area contributed by atoms with E-state index in [-0.39, 0.29) is 23.3 Å². The van der Waals surface area contributed by atoms with E-state index in [0.717, 1.165) is 35.2 Å². The van der Waals surface area contributed by atoms with Gasteiger partial charge in [-0.1, -0.05) is 6.07 Å². The Morgan fingerprint density at radius 1 is 1.36 bits per heavy atom. The number of nitrogens with zero attached hydrogens (tertiary/aromatic N) is 2. The van der Waals surface area contributed by atoms with Crippen molar-refractivity contribution in [2.75, 3.05) is 11.4 Å². The van der Waals surface area contributed by atoms with Gasteiger partial charge in [-0.2, -0.15) is 0 Å². The Kier molecular flexibility index (Phi) is 3.85. The molecule has 0 bridgehead atoms. The summed E-state index contributed by atoms with van der Waals surface area (Å²) in [7, 11) is -3.65. The van der Waals surface area contributed by atoms with E-state index >= 15 is 0 Å². The molecule has 0 aliphatic carbocycles. The highest BCUT2D eigenvalue weighted by atomic mass is 32.2. The van der Waals surface area contributed by atoms with Crippen LogP contribution in [0.15, 0.2) is 41.6 Å². The number of carbonyl (C=O) groups excluding carboxylic acids is 1. The average molecular weight is 357 g/mol. The lowest BCUT2D eigenvalue weighted by molar-refractivity contribution is -0.119. The van der Waals surface area contributed by atoms with Gasteiger partial charge in [-0.25, -0.2) is 13.1 Å². The fourth-order valence-electron chi connectivity index (χ4n) is 3.58. The molecule has 2 aliphatic heterocycles. The van der Waals surface area contributed by atoms with E-state index in [1.54, 1.807) is 35.5 Å². The molecule has 1 atom stereocenters. The predicted octanol–water partition coefficient (Wildman–Crippen LogP) is 1.96. The number of hydrogen-bond donors (Lipinski definition) is 1. The normalized spacial score (nSPS) is 19.2. The van der Waals surface area contributed by atoms with Crippen molar-refractivity contribution in [3.8, 4) is 0 Å². The zero-order chi connectivity index (χ0) is 17.6. The second-order valence-corrected chi connectivity index (χ2v) is 8.29. The lowest BCUT2D eigenvalue weighted by Gasteiger charge is -2.26. The summed E-state index contributed by atoms with van der Waals surface area (Å²) >= 11 is 0. The van der Waals surface area contributed by atoms with E-state index in [1.807, 2.05) is 13.0 Å². The minimum Gasteiger partial charge on any atom is -0.311 e. The standard InChI is InChI=1S/C18H19N3O3S/c1-12-16-9-15(8-14-5-3-7-21(17(14)16)18(12)22)25(23,24)20-11-13-4-2-6-19-10-13/h2,4,6,8-10,12,20H,3,5,7,11H2,1H3/t12-/m0/s1. The highest BCUT2D eigenvalue weighted by molar-refractivity contribution is 7.89. The van der Waals surface area contributed by atoms with Crippen LogP contribution in [-0.4, -0.2) is 25.9 Å². The van der Waals surface area contributed by atoms with E-state index in [1.165, 1.54) is 0 Å². The molecule has 0 radical (unpaired) electrons. The van der Waals surface area contributed by atoms with Gasteiger partial charge in [-0.15, -0.1) is 0 Å². The van der Waals surface area contributed by atoms with Crippen LogP contribution in [0.25, 0.3) is 0 Å². The fraction of sp³-hybridized carbons (Fsp3) is 0.333. The number of carbonyl (C=O) groups is 1. The number of aromatic nitrogens is 1. The summed E-state index contributed by atoms with van der Waals surface area (Å²) in [6, 6.07) is 6.95. The minimum absolute atomic E-state index is 0.0637. The second kappa shape index (κ2) is 5.93. The van der Waals surface area contributed by atoms with Crippen molar-refractivity contribution in [2.45, 2.75) is 37.1 Å². The zero-order valence-electron chi connectivity index (χ0n) is 13.9. The van der Waals surface area contributed by atoms with Crippen molar-refractivity contribution in [1.82, 2.24) is 9.71 Å². The lowest BCUT2D eigenvalue weighted by Crippen LogP contribution is -2.32. The Morgan fingerprint density at radius 2 is 2.20 bits per heavy atom. The number of aryl methyl sites for hydroxylation is 1. The van der Waals surface area contributed by atoms with Crippen molar-refractivity contribution >= 4 is 21.6 Å². The SMILES string of the molecule is C[C@@H]1C(=O)N2CCCc3cc(S(=O)(=O)NCc4cccnc4)cc1c32. The van der Waals surface area contributed by atoms with Crippen LogP contribution in [0.5, 0.6) is 0 Å². The summed E-state index contributed by atoms with van der Waals surface area (Å²) in [5, 5.41) is 0. The monoisotopic (exact) mass is 357 g/mol. The molecule has 130 valence electrons. The number of rotatable bonds is 4. The highest BCUT2D eigenvalue weighted by Crippen LogP contribution is 2.43. The fourth-order valence-corrected chi connectivity index (χ4v) is 4.69. The van der Waals surface area contributed by atoms with Gasteiger partial charge >= 0.3 is 0 Å². The Bertz CT molecular complexity index is 942. The quantitative estimate of drug-likeness (QED) is 0.907. The number of anilines is 1. The van der Waals surface area contributed by atoms with Crippen molar-refractivity contribution in [3.63, 3.8) is 0 Å². The van der Waals surface area contributed by atoms with Gasteiger partial charge in [-0.3, -0.25) is 9.78 Å². The third-order valence-electron chi connectivity index (χ3n) is 4.89. The molecular weight excluding hydrogens is 338 g/mol. The number of hydrogen-bond acceptors (Lipinski definition) is 4. The molecule has 6 nitrogen and oxygen atoms in total. The van der Waals surface area contributed by atoms with Gasteiger partial charge in [-0.05, 0) is 54.7 Å². The maximum atomic E-state index is 12.7. The number of benzene rings is 1. The molecule has 1 aromatic heterocycles. The first-order valence-corrected chi connectivity index (χ1v) is 9.82. The van der Waals surface area contributed by atoms with Crippen LogP contribution in [0.2, 0.25) is 0 Å². The van der Waals surface area contributed by atoms with Crippen LogP contribution >= 0.6 is 0 Å². The maximum Gasteiger partial charge on any atom is 0.240 e. The first-order valence-electron chi connectivity index (χ1n) is 8.34. The molecule has 1 amide bonds. The molecule has 2 aromatic rings. The Labute approximate surface area is 146 Å². The molecule has 4 rings (SSSR count). The predicted molar refractivity (Wildman–Crippen MR) is 93.8 cm³/mol. The smallest absolute Gasteiger partial charge is 0.240 e. The van der Waals surface area contributed by atoms with Crippen LogP contribution in [0.3, 0.4) is 0 Å². The molecular formula is C18H19N3O3S. The van der Waals surface area contributed by atoms with Crippen LogP contribution in [0.4, 0.5) is 5.69 Å².